The van der Waals surface area contributed by atoms with Gasteiger partial charge in [-0.1, -0.05) is 67.1 Å². The molecular weight excluding hydrogens is 204 g/mol. The van der Waals surface area contributed by atoms with Crippen molar-refractivity contribution in [3.63, 3.8) is 0 Å². The Kier molecular flexibility index (Phi) is 3.63. The Morgan fingerprint density at radius 3 is 2.00 bits per heavy atom. The maximum atomic E-state index is 4.31. The van der Waals surface area contributed by atoms with Crippen LogP contribution in [0.25, 0.3) is 0 Å². The summed E-state index contributed by atoms with van der Waals surface area (Å²) in [4.78, 5) is 0. The number of benzene rings is 2. The molecule has 0 saturated heterocycles. The number of aryl methyl sites for hydroxylation is 1. The Labute approximate surface area is 104 Å². The van der Waals surface area contributed by atoms with Gasteiger partial charge in [-0.2, -0.15) is 0 Å². The highest BCUT2D eigenvalue weighted by Crippen LogP contribution is 2.31. The lowest BCUT2D eigenvalue weighted by Crippen LogP contribution is -2.04. The summed E-state index contributed by atoms with van der Waals surface area (Å²) in [5.74, 6) is 0.747. The second-order valence-electron chi connectivity index (χ2n) is 4.72. The summed E-state index contributed by atoms with van der Waals surface area (Å²) in [6, 6.07) is 19.3. The van der Waals surface area contributed by atoms with Gasteiger partial charge in [0.15, 0.2) is 0 Å². The van der Waals surface area contributed by atoms with Crippen LogP contribution in [0.15, 0.2) is 54.6 Å². The molecule has 17 heavy (non-hydrogen) atoms. The molecule has 2 aromatic carbocycles. The second-order valence-corrected chi connectivity index (χ2v) is 4.72. The van der Waals surface area contributed by atoms with E-state index in [2.05, 4.69) is 75.4 Å². The van der Waals surface area contributed by atoms with Gasteiger partial charge in [-0.25, -0.2) is 0 Å². The molecule has 0 aromatic heterocycles. The summed E-state index contributed by atoms with van der Waals surface area (Å²) in [5.41, 5.74) is 3.97. The molecule has 0 N–H and O–H groups in total. The topological polar surface area (TPSA) is 0 Å². The van der Waals surface area contributed by atoms with Crippen molar-refractivity contribution >= 4 is 0 Å². The van der Waals surface area contributed by atoms with Crippen LogP contribution < -0.4 is 0 Å². The smallest absolute Gasteiger partial charge is 0.00955 e. The van der Waals surface area contributed by atoms with E-state index in [1.807, 2.05) is 0 Å². The lowest BCUT2D eigenvalue weighted by molar-refractivity contribution is 0.673. The van der Waals surface area contributed by atoms with E-state index in [-0.39, 0.29) is 0 Å². The molecule has 1 radical (unpaired) electrons. The summed E-state index contributed by atoms with van der Waals surface area (Å²) < 4.78 is 0. The van der Waals surface area contributed by atoms with Crippen LogP contribution in [0, 0.1) is 13.8 Å². The predicted molar refractivity (Wildman–Crippen MR) is 74.1 cm³/mol. The molecular formula is C17H19. The van der Waals surface area contributed by atoms with Crippen molar-refractivity contribution in [2.75, 3.05) is 0 Å². The summed E-state index contributed by atoms with van der Waals surface area (Å²) in [6.07, 6.45) is 0. The molecule has 87 valence electrons. The van der Waals surface area contributed by atoms with Gasteiger partial charge in [0, 0.05) is 0 Å². The first-order valence-electron chi connectivity index (χ1n) is 6.13. The highest BCUT2D eigenvalue weighted by Gasteiger charge is 2.15. The van der Waals surface area contributed by atoms with Crippen molar-refractivity contribution in [1.82, 2.24) is 0 Å². The van der Waals surface area contributed by atoms with Crippen LogP contribution in [0.5, 0.6) is 0 Å². The monoisotopic (exact) mass is 223 g/mol. The van der Waals surface area contributed by atoms with E-state index in [0.29, 0.717) is 11.8 Å². The standard InChI is InChI=1S/C17H19/c1-13-9-11-17(12-10-13)15(3)14(2)16-7-5-4-6-8-16/h4-12,14-15H,3H2,1-2H3. The Morgan fingerprint density at radius 1 is 0.824 bits per heavy atom. The molecule has 2 rings (SSSR count). The fraction of sp³-hybridized carbons (Fsp3) is 0.235. The van der Waals surface area contributed by atoms with Crippen LogP contribution in [0.2, 0.25) is 0 Å². The fourth-order valence-electron chi connectivity index (χ4n) is 2.09. The van der Waals surface area contributed by atoms with Gasteiger partial charge in [0.25, 0.3) is 0 Å². The quantitative estimate of drug-likeness (QED) is 0.706. The van der Waals surface area contributed by atoms with E-state index in [4.69, 9.17) is 0 Å². The van der Waals surface area contributed by atoms with Gasteiger partial charge < -0.3 is 0 Å². The molecule has 0 aliphatic rings. The molecule has 0 nitrogen and oxygen atoms in total. The molecule has 0 amide bonds. The van der Waals surface area contributed by atoms with Gasteiger partial charge in [-0.05, 0) is 36.8 Å². The fourth-order valence-corrected chi connectivity index (χ4v) is 2.09. The highest BCUT2D eigenvalue weighted by atomic mass is 14.2. The zero-order valence-electron chi connectivity index (χ0n) is 10.6. The number of hydrogen-bond acceptors (Lipinski definition) is 0. The van der Waals surface area contributed by atoms with Crippen LogP contribution in [-0.2, 0) is 0 Å². The molecule has 2 unspecified atom stereocenters. The van der Waals surface area contributed by atoms with E-state index in [0.717, 1.165) is 0 Å². The van der Waals surface area contributed by atoms with Crippen molar-refractivity contribution in [2.45, 2.75) is 25.7 Å². The van der Waals surface area contributed by atoms with Crippen LogP contribution in [-0.4, -0.2) is 0 Å². The first-order valence-corrected chi connectivity index (χ1v) is 6.13. The zero-order chi connectivity index (χ0) is 12.3. The van der Waals surface area contributed by atoms with E-state index in [9.17, 15) is 0 Å². The van der Waals surface area contributed by atoms with Crippen molar-refractivity contribution < 1.29 is 0 Å². The van der Waals surface area contributed by atoms with Gasteiger partial charge in [0.1, 0.15) is 0 Å². The van der Waals surface area contributed by atoms with Gasteiger partial charge in [0.2, 0.25) is 0 Å². The first-order chi connectivity index (χ1) is 8.18. The molecule has 0 heteroatoms. The third-order valence-electron chi connectivity index (χ3n) is 3.43. The van der Waals surface area contributed by atoms with Gasteiger partial charge in [-0.3, -0.25) is 0 Å². The lowest BCUT2D eigenvalue weighted by atomic mass is 9.84. The van der Waals surface area contributed by atoms with E-state index >= 15 is 0 Å². The molecule has 0 aliphatic carbocycles. The van der Waals surface area contributed by atoms with E-state index in [1.165, 1.54) is 16.7 Å². The Balaban J connectivity index is 2.20. The maximum Gasteiger partial charge on any atom is -0.00955 e. The Bertz CT molecular complexity index is 453. The molecule has 0 heterocycles. The number of rotatable bonds is 3. The lowest BCUT2D eigenvalue weighted by Gasteiger charge is -2.20. The van der Waals surface area contributed by atoms with Crippen LogP contribution in [0.4, 0.5) is 0 Å². The molecule has 0 fully saturated rings. The van der Waals surface area contributed by atoms with Gasteiger partial charge in [0.05, 0.1) is 0 Å². The molecule has 0 bridgehead atoms. The minimum absolute atomic E-state index is 0.304. The summed E-state index contributed by atoms with van der Waals surface area (Å²) in [7, 11) is 0. The van der Waals surface area contributed by atoms with Crippen molar-refractivity contribution in [3.8, 4) is 0 Å². The average Bonchev–Trinajstić information content (AvgIpc) is 2.39. The van der Waals surface area contributed by atoms with Crippen LogP contribution >= 0.6 is 0 Å². The second kappa shape index (κ2) is 5.18. The van der Waals surface area contributed by atoms with Gasteiger partial charge in [-0.15, -0.1) is 0 Å². The largest absolute Gasteiger partial charge is 0.0622 e. The first kappa shape index (κ1) is 11.9. The van der Waals surface area contributed by atoms with Crippen molar-refractivity contribution in [2.24, 2.45) is 0 Å². The van der Waals surface area contributed by atoms with Crippen molar-refractivity contribution in [3.05, 3.63) is 78.2 Å². The molecule has 2 atom stereocenters. The number of hydrogen-bond donors (Lipinski definition) is 0. The third-order valence-corrected chi connectivity index (χ3v) is 3.43. The zero-order valence-corrected chi connectivity index (χ0v) is 10.6. The molecule has 0 saturated carbocycles. The van der Waals surface area contributed by atoms with Crippen molar-refractivity contribution in [1.29, 1.82) is 0 Å². The summed E-state index contributed by atoms with van der Waals surface area (Å²) in [6.45, 7) is 8.67. The summed E-state index contributed by atoms with van der Waals surface area (Å²) >= 11 is 0. The van der Waals surface area contributed by atoms with E-state index in [1.54, 1.807) is 0 Å². The minimum Gasteiger partial charge on any atom is -0.0622 e. The van der Waals surface area contributed by atoms with Gasteiger partial charge >= 0.3 is 0 Å². The Hall–Kier alpha value is -1.56. The molecule has 2 aromatic rings. The normalized spacial score (nSPS) is 14.3. The van der Waals surface area contributed by atoms with E-state index < -0.39 is 0 Å². The highest BCUT2D eigenvalue weighted by molar-refractivity contribution is 5.30. The predicted octanol–water partition coefficient (Wildman–Crippen LogP) is 4.72. The molecule has 0 spiro atoms. The van der Waals surface area contributed by atoms with Crippen LogP contribution in [0.1, 0.15) is 35.4 Å². The summed E-state index contributed by atoms with van der Waals surface area (Å²) in [5, 5.41) is 0. The minimum atomic E-state index is 0.304. The molecule has 0 aliphatic heterocycles. The third kappa shape index (κ3) is 2.76. The Morgan fingerprint density at radius 2 is 1.41 bits per heavy atom. The average molecular weight is 223 g/mol. The maximum absolute atomic E-state index is 4.31. The SMILES string of the molecule is [CH2]C(c1ccc(C)cc1)C(C)c1ccccc1. The van der Waals surface area contributed by atoms with Crippen LogP contribution in [0.3, 0.4) is 0 Å².